The van der Waals surface area contributed by atoms with E-state index < -0.39 is 0 Å². The minimum Gasteiger partial charge on any atom is -0.375 e. The Hall–Kier alpha value is -1.37. The molecule has 0 heterocycles. The first kappa shape index (κ1) is 12.1. The molecule has 1 atom stereocenters. The third-order valence-electron chi connectivity index (χ3n) is 3.04. The Kier molecular flexibility index (Phi) is 4.54. The molecule has 1 saturated carbocycles. The van der Waals surface area contributed by atoms with Crippen molar-refractivity contribution >= 4 is 0 Å². The molecule has 0 spiro atoms. The second-order valence-corrected chi connectivity index (χ2v) is 4.48. The smallest absolute Gasteiger partial charge is 0.0843 e. The Balaban J connectivity index is 1.70. The zero-order valence-corrected chi connectivity index (χ0v) is 9.93. The lowest BCUT2D eigenvalue weighted by Gasteiger charge is -2.16. The van der Waals surface area contributed by atoms with Crippen LogP contribution in [0.3, 0.4) is 0 Å². The van der Waals surface area contributed by atoms with Crippen LogP contribution in [-0.4, -0.2) is 19.2 Å². The molecule has 1 aliphatic rings. The molecular weight excluding hydrogens is 212 g/mol. The Labute approximate surface area is 102 Å². The Morgan fingerprint density at radius 1 is 1.35 bits per heavy atom. The van der Waals surface area contributed by atoms with E-state index in [1.165, 1.54) is 18.4 Å². The van der Waals surface area contributed by atoms with Gasteiger partial charge in [-0.25, -0.2) is 0 Å². The first-order valence-corrected chi connectivity index (χ1v) is 6.12. The molecule has 0 amide bonds. The van der Waals surface area contributed by atoms with E-state index in [0.717, 1.165) is 0 Å². The van der Waals surface area contributed by atoms with E-state index in [-0.39, 0.29) is 0 Å². The number of hydrogen-bond acceptors (Lipinski definition) is 3. The molecule has 1 aromatic carbocycles. The maximum Gasteiger partial charge on any atom is 0.0843 e. The van der Waals surface area contributed by atoms with Crippen LogP contribution < -0.4 is 5.32 Å². The standard InChI is InChI=1S/C14H18N2O/c15-8-9-16-14(13-6-7-13)11-17-10-12-4-2-1-3-5-12/h1-5,13-14,16H,6-7,9-11H2/t14-/m0/s1. The van der Waals surface area contributed by atoms with Crippen LogP contribution in [-0.2, 0) is 11.3 Å². The van der Waals surface area contributed by atoms with Gasteiger partial charge in [0.25, 0.3) is 0 Å². The maximum absolute atomic E-state index is 8.57. The van der Waals surface area contributed by atoms with Gasteiger partial charge in [-0.05, 0) is 24.3 Å². The van der Waals surface area contributed by atoms with Crippen LogP contribution in [0.4, 0.5) is 0 Å². The number of nitrogens with zero attached hydrogens (tertiary/aromatic N) is 1. The molecule has 0 radical (unpaired) electrons. The van der Waals surface area contributed by atoms with Gasteiger partial charge in [-0.1, -0.05) is 30.3 Å². The van der Waals surface area contributed by atoms with Gasteiger partial charge in [-0.2, -0.15) is 5.26 Å². The van der Waals surface area contributed by atoms with Gasteiger partial charge in [0.15, 0.2) is 0 Å². The molecule has 0 bridgehead atoms. The summed E-state index contributed by atoms with van der Waals surface area (Å²) in [5.74, 6) is 0.708. The van der Waals surface area contributed by atoms with Gasteiger partial charge >= 0.3 is 0 Å². The summed E-state index contributed by atoms with van der Waals surface area (Å²) in [6, 6.07) is 12.6. The largest absolute Gasteiger partial charge is 0.375 e. The molecule has 1 fully saturated rings. The van der Waals surface area contributed by atoms with E-state index >= 15 is 0 Å². The van der Waals surface area contributed by atoms with Crippen molar-refractivity contribution in [2.24, 2.45) is 5.92 Å². The zero-order valence-electron chi connectivity index (χ0n) is 9.93. The summed E-state index contributed by atoms with van der Waals surface area (Å²) in [5.41, 5.74) is 1.20. The zero-order chi connectivity index (χ0) is 11.9. The van der Waals surface area contributed by atoms with Crippen LogP contribution in [0.2, 0.25) is 0 Å². The van der Waals surface area contributed by atoms with Crippen LogP contribution in [0.25, 0.3) is 0 Å². The van der Waals surface area contributed by atoms with Crippen molar-refractivity contribution in [2.75, 3.05) is 13.2 Å². The van der Waals surface area contributed by atoms with E-state index in [1.807, 2.05) is 18.2 Å². The molecule has 0 aliphatic heterocycles. The normalized spacial score (nSPS) is 16.4. The monoisotopic (exact) mass is 230 g/mol. The van der Waals surface area contributed by atoms with Crippen molar-refractivity contribution in [1.29, 1.82) is 5.26 Å². The lowest BCUT2D eigenvalue weighted by molar-refractivity contribution is 0.0940. The number of nitrogens with one attached hydrogen (secondary N) is 1. The van der Waals surface area contributed by atoms with Gasteiger partial charge in [-0.3, -0.25) is 5.32 Å². The number of benzene rings is 1. The van der Waals surface area contributed by atoms with Gasteiger partial charge in [0.05, 0.1) is 25.8 Å². The third-order valence-corrected chi connectivity index (χ3v) is 3.04. The fourth-order valence-electron chi connectivity index (χ4n) is 1.91. The molecule has 3 nitrogen and oxygen atoms in total. The topological polar surface area (TPSA) is 45.0 Å². The van der Waals surface area contributed by atoms with Gasteiger partial charge in [0.2, 0.25) is 0 Å². The molecular formula is C14H18N2O. The average Bonchev–Trinajstić information content (AvgIpc) is 3.19. The first-order valence-electron chi connectivity index (χ1n) is 6.12. The molecule has 0 aromatic heterocycles. The van der Waals surface area contributed by atoms with Crippen LogP contribution >= 0.6 is 0 Å². The summed E-state index contributed by atoms with van der Waals surface area (Å²) < 4.78 is 5.71. The quantitative estimate of drug-likeness (QED) is 0.729. The van der Waals surface area contributed by atoms with E-state index in [1.54, 1.807) is 0 Å². The molecule has 0 saturated heterocycles. The second-order valence-electron chi connectivity index (χ2n) is 4.48. The summed E-state index contributed by atoms with van der Waals surface area (Å²) in [6.07, 6.45) is 2.52. The second kappa shape index (κ2) is 6.39. The highest BCUT2D eigenvalue weighted by Crippen LogP contribution is 2.32. The number of nitriles is 1. The SMILES string of the molecule is N#CCN[C@@H](COCc1ccccc1)C1CC1. The minimum atomic E-state index is 0.346. The molecule has 3 heteroatoms. The fraction of sp³-hybridized carbons (Fsp3) is 0.500. The van der Waals surface area contributed by atoms with Gasteiger partial charge in [0.1, 0.15) is 0 Å². The Bertz CT molecular complexity index is 368. The fourth-order valence-corrected chi connectivity index (χ4v) is 1.91. The van der Waals surface area contributed by atoms with E-state index in [0.29, 0.717) is 31.7 Å². The highest BCUT2D eigenvalue weighted by atomic mass is 16.5. The molecule has 2 rings (SSSR count). The number of rotatable bonds is 7. The van der Waals surface area contributed by atoms with Gasteiger partial charge in [-0.15, -0.1) is 0 Å². The highest BCUT2D eigenvalue weighted by Gasteiger charge is 2.30. The summed E-state index contributed by atoms with van der Waals surface area (Å²) in [6.45, 7) is 1.76. The number of ether oxygens (including phenoxy) is 1. The van der Waals surface area contributed by atoms with Crippen molar-refractivity contribution in [3.8, 4) is 6.07 Å². The van der Waals surface area contributed by atoms with Crippen molar-refractivity contribution in [2.45, 2.75) is 25.5 Å². The lowest BCUT2D eigenvalue weighted by Crippen LogP contribution is -2.35. The summed E-state index contributed by atoms with van der Waals surface area (Å²) in [7, 11) is 0. The molecule has 1 N–H and O–H groups in total. The predicted octanol–water partition coefficient (Wildman–Crippen LogP) is 2.09. The van der Waals surface area contributed by atoms with Gasteiger partial charge < -0.3 is 4.74 Å². The average molecular weight is 230 g/mol. The molecule has 1 aromatic rings. The summed E-state index contributed by atoms with van der Waals surface area (Å²) in [5, 5.41) is 11.8. The van der Waals surface area contributed by atoms with Crippen LogP contribution in [0.1, 0.15) is 18.4 Å². The Morgan fingerprint density at radius 2 is 2.12 bits per heavy atom. The van der Waals surface area contributed by atoms with Crippen molar-refractivity contribution < 1.29 is 4.74 Å². The van der Waals surface area contributed by atoms with Crippen molar-refractivity contribution in [3.05, 3.63) is 35.9 Å². The van der Waals surface area contributed by atoms with Crippen molar-refractivity contribution in [1.82, 2.24) is 5.32 Å². The number of hydrogen-bond donors (Lipinski definition) is 1. The minimum absolute atomic E-state index is 0.346. The molecule has 90 valence electrons. The molecule has 17 heavy (non-hydrogen) atoms. The third kappa shape index (κ3) is 4.18. The lowest BCUT2D eigenvalue weighted by atomic mass is 10.2. The molecule has 1 aliphatic carbocycles. The van der Waals surface area contributed by atoms with E-state index in [2.05, 4.69) is 23.5 Å². The van der Waals surface area contributed by atoms with E-state index in [4.69, 9.17) is 10.00 Å². The molecule has 0 unspecified atom stereocenters. The van der Waals surface area contributed by atoms with Crippen LogP contribution in [0.15, 0.2) is 30.3 Å². The summed E-state index contributed by atoms with van der Waals surface area (Å²) >= 11 is 0. The first-order chi connectivity index (χ1) is 8.40. The van der Waals surface area contributed by atoms with Crippen LogP contribution in [0.5, 0.6) is 0 Å². The Morgan fingerprint density at radius 3 is 2.76 bits per heavy atom. The van der Waals surface area contributed by atoms with Gasteiger partial charge in [0, 0.05) is 6.04 Å². The predicted molar refractivity (Wildman–Crippen MR) is 66.2 cm³/mol. The van der Waals surface area contributed by atoms with Crippen LogP contribution in [0, 0.1) is 17.2 Å². The summed E-state index contributed by atoms with van der Waals surface area (Å²) in [4.78, 5) is 0. The van der Waals surface area contributed by atoms with Crippen molar-refractivity contribution in [3.63, 3.8) is 0 Å². The highest BCUT2D eigenvalue weighted by molar-refractivity contribution is 5.13. The maximum atomic E-state index is 8.57. The van der Waals surface area contributed by atoms with E-state index in [9.17, 15) is 0 Å².